The van der Waals surface area contributed by atoms with Crippen molar-refractivity contribution in [2.45, 2.75) is 12.8 Å². The highest BCUT2D eigenvalue weighted by Crippen LogP contribution is 2.28. The standard InChI is InChI=1S/C19H19N3O2/c1-24-17-7-3-2-6-16(17)19(23)15-5-4-10-22(13-15)18-11-14(12-20)8-9-21-18/h2-3,6-9,11,15H,4-5,10,13H2,1H3. The van der Waals surface area contributed by atoms with E-state index in [1.807, 2.05) is 24.3 Å². The Balaban J connectivity index is 1.80. The number of carbonyl (C=O) groups excluding carboxylic acids is 1. The van der Waals surface area contributed by atoms with Gasteiger partial charge in [-0.2, -0.15) is 5.26 Å². The van der Waals surface area contributed by atoms with E-state index in [1.54, 1.807) is 25.4 Å². The molecule has 0 spiro atoms. The van der Waals surface area contributed by atoms with Crippen molar-refractivity contribution in [1.29, 1.82) is 5.26 Å². The SMILES string of the molecule is COc1ccccc1C(=O)C1CCCN(c2cc(C#N)ccn2)C1. The van der Waals surface area contributed by atoms with Crippen LogP contribution in [0.5, 0.6) is 5.75 Å². The molecule has 1 saturated heterocycles. The van der Waals surface area contributed by atoms with Crippen molar-refractivity contribution in [3.05, 3.63) is 53.7 Å². The lowest BCUT2D eigenvalue weighted by atomic mass is 9.89. The zero-order valence-corrected chi connectivity index (χ0v) is 13.6. The molecule has 0 aliphatic carbocycles. The van der Waals surface area contributed by atoms with Gasteiger partial charge < -0.3 is 9.64 Å². The number of methoxy groups -OCH3 is 1. The summed E-state index contributed by atoms with van der Waals surface area (Å²) in [5.74, 6) is 1.38. The van der Waals surface area contributed by atoms with E-state index in [4.69, 9.17) is 10.00 Å². The van der Waals surface area contributed by atoms with Gasteiger partial charge in [-0.25, -0.2) is 4.98 Å². The molecule has 0 saturated carbocycles. The average molecular weight is 321 g/mol. The van der Waals surface area contributed by atoms with Gasteiger partial charge in [0.25, 0.3) is 0 Å². The van der Waals surface area contributed by atoms with Crippen LogP contribution in [0.1, 0.15) is 28.8 Å². The summed E-state index contributed by atoms with van der Waals surface area (Å²) >= 11 is 0. The Morgan fingerprint density at radius 2 is 2.21 bits per heavy atom. The summed E-state index contributed by atoms with van der Waals surface area (Å²) in [5.41, 5.74) is 1.21. The van der Waals surface area contributed by atoms with Crippen LogP contribution >= 0.6 is 0 Å². The predicted molar refractivity (Wildman–Crippen MR) is 91.2 cm³/mol. The fourth-order valence-corrected chi connectivity index (χ4v) is 3.13. The third-order valence-corrected chi connectivity index (χ3v) is 4.36. The minimum atomic E-state index is -0.0948. The molecule has 0 amide bonds. The normalized spacial score (nSPS) is 17.2. The van der Waals surface area contributed by atoms with Crippen LogP contribution < -0.4 is 9.64 Å². The first-order valence-corrected chi connectivity index (χ1v) is 8.01. The summed E-state index contributed by atoms with van der Waals surface area (Å²) in [6.45, 7) is 1.45. The number of nitriles is 1. The lowest BCUT2D eigenvalue weighted by molar-refractivity contribution is 0.0904. The van der Waals surface area contributed by atoms with Crippen molar-refractivity contribution >= 4 is 11.6 Å². The number of benzene rings is 1. The number of pyridine rings is 1. The highest BCUT2D eigenvalue weighted by atomic mass is 16.5. The molecule has 1 fully saturated rings. The van der Waals surface area contributed by atoms with Gasteiger partial charge >= 0.3 is 0 Å². The molecule has 2 aromatic rings. The zero-order chi connectivity index (χ0) is 16.9. The second-order valence-corrected chi connectivity index (χ2v) is 5.86. The molecule has 1 aliphatic rings. The molecule has 2 heterocycles. The van der Waals surface area contributed by atoms with Gasteiger partial charge in [-0.15, -0.1) is 0 Å². The van der Waals surface area contributed by atoms with E-state index in [1.165, 1.54) is 0 Å². The summed E-state index contributed by atoms with van der Waals surface area (Å²) in [6, 6.07) is 12.9. The van der Waals surface area contributed by atoms with E-state index >= 15 is 0 Å². The molecule has 0 radical (unpaired) electrons. The van der Waals surface area contributed by atoms with Crippen molar-refractivity contribution in [3.8, 4) is 11.8 Å². The molecule has 3 rings (SSSR count). The van der Waals surface area contributed by atoms with Crippen LogP contribution in [0, 0.1) is 17.2 Å². The highest BCUT2D eigenvalue weighted by Gasteiger charge is 2.28. The van der Waals surface area contributed by atoms with Crippen molar-refractivity contribution in [2.24, 2.45) is 5.92 Å². The molecular weight excluding hydrogens is 302 g/mol. The van der Waals surface area contributed by atoms with Crippen LogP contribution in [-0.2, 0) is 0 Å². The molecule has 5 heteroatoms. The van der Waals surface area contributed by atoms with Crippen molar-refractivity contribution in [3.63, 3.8) is 0 Å². The number of ketones is 1. The molecule has 5 nitrogen and oxygen atoms in total. The quantitative estimate of drug-likeness (QED) is 0.810. The lowest BCUT2D eigenvalue weighted by Crippen LogP contribution is -2.39. The van der Waals surface area contributed by atoms with Gasteiger partial charge in [-0.3, -0.25) is 4.79 Å². The van der Waals surface area contributed by atoms with Crippen LogP contribution in [0.3, 0.4) is 0 Å². The molecule has 1 unspecified atom stereocenters. The fraction of sp³-hybridized carbons (Fsp3) is 0.316. The number of Topliss-reactive ketones (excluding diaryl/α,β-unsaturated/α-hetero) is 1. The Morgan fingerprint density at radius 1 is 1.38 bits per heavy atom. The number of hydrogen-bond acceptors (Lipinski definition) is 5. The number of rotatable bonds is 4. The van der Waals surface area contributed by atoms with E-state index in [0.717, 1.165) is 25.2 Å². The van der Waals surface area contributed by atoms with Crippen LogP contribution in [-0.4, -0.2) is 31.0 Å². The lowest BCUT2D eigenvalue weighted by Gasteiger charge is -2.33. The first-order valence-electron chi connectivity index (χ1n) is 8.01. The third-order valence-electron chi connectivity index (χ3n) is 4.36. The van der Waals surface area contributed by atoms with Crippen LogP contribution in [0.4, 0.5) is 5.82 Å². The van der Waals surface area contributed by atoms with Gasteiger partial charge in [-0.05, 0) is 37.1 Å². The van der Waals surface area contributed by atoms with E-state index in [9.17, 15) is 4.79 Å². The zero-order valence-electron chi connectivity index (χ0n) is 13.6. The first kappa shape index (κ1) is 16.0. The number of para-hydroxylation sites is 1. The van der Waals surface area contributed by atoms with Crippen molar-refractivity contribution in [2.75, 3.05) is 25.1 Å². The largest absolute Gasteiger partial charge is 0.496 e. The van der Waals surface area contributed by atoms with E-state index < -0.39 is 0 Å². The molecule has 0 N–H and O–H groups in total. The molecule has 1 aromatic carbocycles. The van der Waals surface area contributed by atoms with Crippen LogP contribution in [0.2, 0.25) is 0 Å². The monoisotopic (exact) mass is 321 g/mol. The number of anilines is 1. The topological polar surface area (TPSA) is 66.2 Å². The number of carbonyl (C=O) groups is 1. The Morgan fingerprint density at radius 3 is 3.00 bits per heavy atom. The number of hydrogen-bond donors (Lipinski definition) is 0. The Labute approximate surface area is 141 Å². The van der Waals surface area contributed by atoms with E-state index in [0.29, 0.717) is 23.4 Å². The molecule has 0 bridgehead atoms. The molecule has 122 valence electrons. The van der Waals surface area contributed by atoms with Gasteiger partial charge in [0.2, 0.25) is 0 Å². The summed E-state index contributed by atoms with van der Waals surface area (Å²) in [5, 5.41) is 9.04. The molecule has 1 atom stereocenters. The minimum absolute atomic E-state index is 0.0948. The van der Waals surface area contributed by atoms with E-state index in [-0.39, 0.29) is 11.7 Å². The summed E-state index contributed by atoms with van der Waals surface area (Å²) in [7, 11) is 1.58. The maximum atomic E-state index is 12.9. The summed E-state index contributed by atoms with van der Waals surface area (Å²) < 4.78 is 5.32. The third kappa shape index (κ3) is 3.23. The maximum absolute atomic E-state index is 12.9. The average Bonchev–Trinajstić information content (AvgIpc) is 2.67. The number of aromatic nitrogens is 1. The van der Waals surface area contributed by atoms with Crippen LogP contribution in [0.15, 0.2) is 42.6 Å². The molecular formula is C19H19N3O2. The van der Waals surface area contributed by atoms with Gasteiger partial charge in [0.05, 0.1) is 24.3 Å². The van der Waals surface area contributed by atoms with E-state index in [2.05, 4.69) is 16.0 Å². The predicted octanol–water partition coefficient (Wildman–Crippen LogP) is 3.06. The van der Waals surface area contributed by atoms with Crippen molar-refractivity contribution < 1.29 is 9.53 Å². The van der Waals surface area contributed by atoms with Crippen molar-refractivity contribution in [1.82, 2.24) is 4.98 Å². The van der Waals surface area contributed by atoms with Gasteiger partial charge in [0, 0.05) is 25.2 Å². The second kappa shape index (κ2) is 7.14. The molecule has 24 heavy (non-hydrogen) atoms. The Bertz CT molecular complexity index is 782. The molecule has 1 aliphatic heterocycles. The molecule has 1 aromatic heterocycles. The van der Waals surface area contributed by atoms with Gasteiger partial charge in [0.15, 0.2) is 5.78 Å². The first-order chi connectivity index (χ1) is 11.7. The minimum Gasteiger partial charge on any atom is -0.496 e. The fourth-order valence-electron chi connectivity index (χ4n) is 3.13. The Kier molecular flexibility index (Phi) is 4.76. The second-order valence-electron chi connectivity index (χ2n) is 5.86. The number of nitrogens with zero attached hydrogens (tertiary/aromatic N) is 3. The number of piperidine rings is 1. The van der Waals surface area contributed by atoms with Gasteiger partial charge in [-0.1, -0.05) is 12.1 Å². The number of ether oxygens (including phenoxy) is 1. The smallest absolute Gasteiger partial charge is 0.171 e. The highest BCUT2D eigenvalue weighted by molar-refractivity contribution is 6.00. The summed E-state index contributed by atoms with van der Waals surface area (Å²) in [4.78, 5) is 19.3. The van der Waals surface area contributed by atoms with Crippen LogP contribution in [0.25, 0.3) is 0 Å². The van der Waals surface area contributed by atoms with Gasteiger partial charge in [0.1, 0.15) is 11.6 Å². The summed E-state index contributed by atoms with van der Waals surface area (Å²) in [6.07, 6.45) is 3.41. The maximum Gasteiger partial charge on any atom is 0.171 e. The Hall–Kier alpha value is -2.87.